The molecule has 2 aromatic rings. The lowest BCUT2D eigenvalue weighted by Gasteiger charge is -2.22. The van der Waals surface area contributed by atoms with Gasteiger partial charge in [-0.2, -0.15) is 0 Å². The number of aliphatic imine (C=N–C) groups is 1. The Morgan fingerprint density at radius 1 is 1.07 bits per heavy atom. The van der Waals surface area contributed by atoms with Crippen LogP contribution in [0.15, 0.2) is 47.5 Å². The molecule has 0 saturated carbocycles. The molecule has 0 atom stereocenters. The first kappa shape index (κ1) is 24.5. The predicted molar refractivity (Wildman–Crippen MR) is 126 cm³/mol. The first-order chi connectivity index (χ1) is 13.5. The van der Waals surface area contributed by atoms with Gasteiger partial charge in [-0.15, -0.1) is 24.0 Å². The van der Waals surface area contributed by atoms with Crippen molar-refractivity contribution in [2.45, 2.75) is 13.0 Å². The zero-order chi connectivity index (χ0) is 20.5. The van der Waals surface area contributed by atoms with Crippen molar-refractivity contribution in [3.63, 3.8) is 0 Å². The molecule has 3 N–H and O–H groups in total. The summed E-state index contributed by atoms with van der Waals surface area (Å²) in [6.07, 6.45) is 0.838. The Bertz CT molecular complexity index is 825. The number of hydrogen-bond donors (Lipinski definition) is 2. The molecule has 0 heterocycles. The summed E-state index contributed by atoms with van der Waals surface area (Å²) in [7, 11) is 7.01. The zero-order valence-corrected chi connectivity index (χ0v) is 19.6. The summed E-state index contributed by atoms with van der Waals surface area (Å²) < 4.78 is 10.6. The van der Waals surface area contributed by atoms with Crippen LogP contribution in [-0.4, -0.2) is 51.6 Å². The molecular formula is C21H29IN4O3. The van der Waals surface area contributed by atoms with Crippen LogP contribution in [0.3, 0.4) is 0 Å². The lowest BCUT2D eigenvalue weighted by Crippen LogP contribution is -2.39. The number of likely N-dealkylation sites (N-methyl/N-ethyl adjacent to an activating group) is 1. The van der Waals surface area contributed by atoms with Crippen LogP contribution < -0.4 is 20.5 Å². The van der Waals surface area contributed by atoms with Crippen LogP contribution in [0.2, 0.25) is 0 Å². The van der Waals surface area contributed by atoms with E-state index in [0.717, 1.165) is 41.6 Å². The minimum absolute atomic E-state index is 0. The minimum Gasteiger partial charge on any atom is -0.493 e. The lowest BCUT2D eigenvalue weighted by atomic mass is 10.1. The Morgan fingerprint density at radius 2 is 1.69 bits per heavy atom. The van der Waals surface area contributed by atoms with Gasteiger partial charge in [0.15, 0.2) is 17.5 Å². The highest BCUT2D eigenvalue weighted by atomic mass is 127. The average molecular weight is 512 g/mol. The standard InChI is InChI=1S/C21H28N4O3.HI/c1-23-21(24-14-16-5-8-17(9-6-16)20(22)26)25(2)12-11-15-7-10-18(27-3)19(13-15)28-4;/h5-10,13H,11-12,14H2,1-4H3,(H2,22,26)(H,23,24);1H. The highest BCUT2D eigenvalue weighted by Crippen LogP contribution is 2.27. The van der Waals surface area contributed by atoms with Crippen molar-refractivity contribution in [1.29, 1.82) is 0 Å². The third-order valence-electron chi connectivity index (χ3n) is 4.45. The minimum atomic E-state index is -0.426. The van der Waals surface area contributed by atoms with Crippen LogP contribution in [0, 0.1) is 0 Å². The molecule has 0 saturated heterocycles. The molecule has 7 nitrogen and oxygen atoms in total. The number of guanidine groups is 1. The number of halogens is 1. The maximum Gasteiger partial charge on any atom is 0.248 e. The topological polar surface area (TPSA) is 89.2 Å². The van der Waals surface area contributed by atoms with Gasteiger partial charge in [0.2, 0.25) is 5.91 Å². The van der Waals surface area contributed by atoms with Gasteiger partial charge in [0.05, 0.1) is 14.2 Å². The van der Waals surface area contributed by atoms with Crippen LogP contribution >= 0.6 is 24.0 Å². The molecule has 0 aromatic heterocycles. The summed E-state index contributed by atoms with van der Waals surface area (Å²) in [5.74, 6) is 1.81. The fourth-order valence-electron chi connectivity index (χ4n) is 2.79. The van der Waals surface area contributed by atoms with Crippen LogP contribution in [0.1, 0.15) is 21.5 Å². The van der Waals surface area contributed by atoms with Crippen molar-refractivity contribution in [2.24, 2.45) is 10.7 Å². The van der Waals surface area contributed by atoms with E-state index in [-0.39, 0.29) is 24.0 Å². The van der Waals surface area contributed by atoms with Gasteiger partial charge < -0.3 is 25.4 Å². The lowest BCUT2D eigenvalue weighted by molar-refractivity contribution is 0.100. The van der Waals surface area contributed by atoms with Gasteiger partial charge in [0.1, 0.15) is 0 Å². The second-order valence-corrected chi connectivity index (χ2v) is 6.32. The second kappa shape index (κ2) is 12.2. The summed E-state index contributed by atoms with van der Waals surface area (Å²) in [4.78, 5) is 17.5. The number of nitrogens with two attached hydrogens (primary N) is 1. The maximum absolute atomic E-state index is 11.1. The van der Waals surface area contributed by atoms with Crippen molar-refractivity contribution in [3.05, 3.63) is 59.2 Å². The number of nitrogens with one attached hydrogen (secondary N) is 1. The molecule has 8 heteroatoms. The number of ether oxygens (including phenoxy) is 2. The molecule has 0 bridgehead atoms. The molecule has 1 amide bonds. The highest BCUT2D eigenvalue weighted by molar-refractivity contribution is 14.0. The maximum atomic E-state index is 11.1. The van der Waals surface area contributed by atoms with Crippen molar-refractivity contribution in [3.8, 4) is 11.5 Å². The van der Waals surface area contributed by atoms with E-state index in [9.17, 15) is 4.79 Å². The molecule has 2 rings (SSSR count). The predicted octanol–water partition coefficient (Wildman–Crippen LogP) is 2.67. The summed E-state index contributed by atoms with van der Waals surface area (Å²) >= 11 is 0. The van der Waals surface area contributed by atoms with Gasteiger partial charge in [-0.3, -0.25) is 9.79 Å². The van der Waals surface area contributed by atoms with Gasteiger partial charge >= 0.3 is 0 Å². The van der Waals surface area contributed by atoms with Gasteiger partial charge in [-0.05, 0) is 41.8 Å². The Labute approximate surface area is 189 Å². The molecule has 0 spiro atoms. The largest absolute Gasteiger partial charge is 0.493 e. The number of rotatable bonds is 8. The third kappa shape index (κ3) is 7.12. The summed E-state index contributed by atoms with van der Waals surface area (Å²) in [5, 5.41) is 3.33. The smallest absolute Gasteiger partial charge is 0.248 e. The zero-order valence-electron chi connectivity index (χ0n) is 17.3. The number of carbonyl (C=O) groups is 1. The summed E-state index contributed by atoms with van der Waals surface area (Å²) in [6.45, 7) is 1.39. The van der Waals surface area contributed by atoms with E-state index < -0.39 is 5.91 Å². The number of nitrogens with zero attached hydrogens (tertiary/aromatic N) is 2. The Hall–Kier alpha value is -2.49. The van der Waals surface area contributed by atoms with Gasteiger partial charge in [0.25, 0.3) is 0 Å². The molecule has 0 aliphatic carbocycles. The van der Waals surface area contributed by atoms with E-state index >= 15 is 0 Å². The normalized spacial score (nSPS) is 10.7. The quantitative estimate of drug-likeness (QED) is 0.323. The van der Waals surface area contributed by atoms with Crippen LogP contribution in [0.5, 0.6) is 11.5 Å². The average Bonchev–Trinajstić information content (AvgIpc) is 2.72. The molecule has 158 valence electrons. The van der Waals surface area contributed by atoms with Gasteiger partial charge in [-0.1, -0.05) is 18.2 Å². The molecule has 0 aliphatic heterocycles. The van der Waals surface area contributed by atoms with Crippen molar-refractivity contribution in [1.82, 2.24) is 10.2 Å². The summed E-state index contributed by atoms with van der Waals surface area (Å²) in [5.41, 5.74) is 7.96. The van der Waals surface area contributed by atoms with Crippen molar-refractivity contribution >= 4 is 35.8 Å². The highest BCUT2D eigenvalue weighted by Gasteiger charge is 2.09. The molecule has 0 aliphatic rings. The number of benzene rings is 2. The second-order valence-electron chi connectivity index (χ2n) is 6.32. The third-order valence-corrected chi connectivity index (χ3v) is 4.45. The Kier molecular flexibility index (Phi) is 10.3. The van der Waals surface area contributed by atoms with E-state index in [1.807, 2.05) is 37.4 Å². The number of primary amides is 1. The fourth-order valence-corrected chi connectivity index (χ4v) is 2.79. The first-order valence-corrected chi connectivity index (χ1v) is 9.00. The van der Waals surface area contributed by atoms with Crippen molar-refractivity contribution < 1.29 is 14.3 Å². The number of carbonyl (C=O) groups excluding carboxylic acids is 1. The van der Waals surface area contributed by atoms with E-state index in [4.69, 9.17) is 15.2 Å². The van der Waals surface area contributed by atoms with Crippen LogP contribution in [-0.2, 0) is 13.0 Å². The number of hydrogen-bond acceptors (Lipinski definition) is 4. The van der Waals surface area contributed by atoms with E-state index in [2.05, 4.69) is 15.2 Å². The van der Waals surface area contributed by atoms with E-state index in [1.165, 1.54) is 0 Å². The van der Waals surface area contributed by atoms with Crippen LogP contribution in [0.4, 0.5) is 0 Å². The van der Waals surface area contributed by atoms with E-state index in [0.29, 0.717) is 12.1 Å². The molecule has 0 unspecified atom stereocenters. The Balaban J connectivity index is 0.00000420. The van der Waals surface area contributed by atoms with Gasteiger partial charge in [-0.25, -0.2) is 0 Å². The molecule has 0 fully saturated rings. The monoisotopic (exact) mass is 512 g/mol. The fraction of sp³-hybridized carbons (Fsp3) is 0.333. The molecule has 29 heavy (non-hydrogen) atoms. The summed E-state index contributed by atoms with van der Waals surface area (Å²) in [6, 6.07) is 13.1. The van der Waals surface area contributed by atoms with Gasteiger partial charge in [0, 0.05) is 32.7 Å². The molecule has 2 aromatic carbocycles. The first-order valence-electron chi connectivity index (χ1n) is 9.00. The van der Waals surface area contributed by atoms with Crippen molar-refractivity contribution in [2.75, 3.05) is 34.9 Å². The number of amides is 1. The van der Waals surface area contributed by atoms with E-state index in [1.54, 1.807) is 33.4 Å². The van der Waals surface area contributed by atoms with Crippen LogP contribution in [0.25, 0.3) is 0 Å². The molecular weight excluding hydrogens is 483 g/mol. The SMILES string of the molecule is CN=C(NCc1ccc(C(N)=O)cc1)N(C)CCc1ccc(OC)c(OC)c1.I. The Morgan fingerprint density at radius 3 is 2.24 bits per heavy atom. The molecule has 0 radical (unpaired) electrons. The number of methoxy groups -OCH3 is 2.